The van der Waals surface area contributed by atoms with Crippen LogP contribution >= 0.6 is 39.9 Å². The fourth-order valence-electron chi connectivity index (χ4n) is 2.02. The average Bonchev–Trinajstić information content (AvgIpc) is 2.27. The summed E-state index contributed by atoms with van der Waals surface area (Å²) in [5.41, 5.74) is 5.75. The van der Waals surface area contributed by atoms with Crippen molar-refractivity contribution in [3.8, 4) is 0 Å². The first-order valence-electron chi connectivity index (χ1n) is 5.72. The van der Waals surface area contributed by atoms with E-state index in [9.17, 15) is 12.8 Å². The average molecular weight is 408 g/mol. The van der Waals surface area contributed by atoms with Gasteiger partial charge in [-0.3, -0.25) is 0 Å². The number of nitrogens with zero attached hydrogens (tertiary/aromatic N) is 1. The molecule has 0 atom stereocenters. The Bertz CT molecular complexity index is 569. The number of piperidine rings is 1. The quantitative estimate of drug-likeness (QED) is 0.819. The van der Waals surface area contributed by atoms with E-state index in [0.29, 0.717) is 25.9 Å². The highest BCUT2D eigenvalue weighted by molar-refractivity contribution is 9.10. The van der Waals surface area contributed by atoms with Crippen molar-refractivity contribution in [3.63, 3.8) is 0 Å². The maximum atomic E-state index is 13.2. The molecule has 9 heteroatoms. The maximum Gasteiger partial charge on any atom is 0.245 e. The molecule has 0 bridgehead atoms. The van der Waals surface area contributed by atoms with E-state index in [1.54, 1.807) is 0 Å². The predicted molar refractivity (Wildman–Crippen MR) is 82.3 cm³/mol. The van der Waals surface area contributed by atoms with Gasteiger partial charge in [0.05, 0.1) is 5.02 Å². The van der Waals surface area contributed by atoms with Crippen LogP contribution in [0, 0.1) is 5.82 Å². The van der Waals surface area contributed by atoms with E-state index in [-0.39, 0.29) is 32.8 Å². The molecule has 1 aliphatic heterocycles. The first kappa shape index (κ1) is 18.1. The van der Waals surface area contributed by atoms with Gasteiger partial charge in [0, 0.05) is 23.6 Å². The SMILES string of the molecule is Cl.NC1CCN(S(=O)(=O)c2c(Cl)cc(F)cc2Br)CC1. The van der Waals surface area contributed by atoms with Crippen molar-refractivity contribution in [2.24, 2.45) is 5.73 Å². The van der Waals surface area contributed by atoms with Crippen LogP contribution in [0.2, 0.25) is 5.02 Å². The Hall–Kier alpha value is 0.0800. The van der Waals surface area contributed by atoms with Gasteiger partial charge in [-0.1, -0.05) is 11.6 Å². The second-order valence-corrected chi connectivity index (χ2v) is 7.58. The van der Waals surface area contributed by atoms with Crippen molar-refractivity contribution in [1.82, 2.24) is 4.31 Å². The van der Waals surface area contributed by atoms with Gasteiger partial charge in [0.2, 0.25) is 10.0 Å². The number of hydrogen-bond acceptors (Lipinski definition) is 3. The molecule has 4 nitrogen and oxygen atoms in total. The van der Waals surface area contributed by atoms with Gasteiger partial charge < -0.3 is 5.73 Å². The second-order valence-electron chi connectivity index (χ2n) is 4.44. The van der Waals surface area contributed by atoms with Crippen LogP contribution in [-0.4, -0.2) is 31.9 Å². The molecule has 1 saturated heterocycles. The summed E-state index contributed by atoms with van der Waals surface area (Å²) in [7, 11) is -3.73. The summed E-state index contributed by atoms with van der Waals surface area (Å²) in [5, 5.41) is -0.123. The van der Waals surface area contributed by atoms with Crippen molar-refractivity contribution in [2.45, 2.75) is 23.8 Å². The van der Waals surface area contributed by atoms with Crippen LogP contribution in [0.15, 0.2) is 21.5 Å². The molecule has 1 aromatic rings. The van der Waals surface area contributed by atoms with E-state index in [1.165, 1.54) is 4.31 Å². The van der Waals surface area contributed by atoms with E-state index in [0.717, 1.165) is 12.1 Å². The maximum absolute atomic E-state index is 13.2. The van der Waals surface area contributed by atoms with Crippen molar-refractivity contribution in [1.29, 1.82) is 0 Å². The molecule has 0 aliphatic carbocycles. The fourth-order valence-corrected chi connectivity index (χ4v) is 5.24. The number of nitrogens with two attached hydrogens (primary N) is 1. The summed E-state index contributed by atoms with van der Waals surface area (Å²) in [6, 6.07) is 2.11. The summed E-state index contributed by atoms with van der Waals surface area (Å²) < 4.78 is 39.6. The normalized spacial score (nSPS) is 17.8. The lowest BCUT2D eigenvalue weighted by Gasteiger charge is -2.29. The molecule has 2 N–H and O–H groups in total. The standard InChI is InChI=1S/C11H13BrClFN2O2S.ClH/c12-9-5-7(14)6-10(13)11(9)19(17,18)16-3-1-8(15)2-4-16;/h5-6,8H,1-4,15H2;1H. The minimum Gasteiger partial charge on any atom is -0.328 e. The lowest BCUT2D eigenvalue weighted by Crippen LogP contribution is -2.42. The molecular formula is C11H14BrCl2FN2O2S. The first-order chi connectivity index (χ1) is 8.82. The molecule has 1 heterocycles. The van der Waals surface area contributed by atoms with Crippen LogP contribution in [0.5, 0.6) is 0 Å². The minimum atomic E-state index is -3.73. The Morgan fingerprint density at radius 1 is 1.35 bits per heavy atom. The van der Waals surface area contributed by atoms with Crippen molar-refractivity contribution < 1.29 is 12.8 Å². The number of hydrogen-bond donors (Lipinski definition) is 1. The van der Waals surface area contributed by atoms with Crippen molar-refractivity contribution in [2.75, 3.05) is 13.1 Å². The minimum absolute atomic E-state index is 0. The Morgan fingerprint density at radius 2 is 1.90 bits per heavy atom. The molecule has 0 saturated carbocycles. The highest BCUT2D eigenvalue weighted by atomic mass is 79.9. The number of halogens is 4. The number of sulfonamides is 1. The summed E-state index contributed by atoms with van der Waals surface area (Å²) in [5.74, 6) is -0.587. The molecule has 0 aromatic heterocycles. The van der Waals surface area contributed by atoms with Gasteiger partial charge in [-0.2, -0.15) is 4.31 Å². The number of rotatable bonds is 2. The van der Waals surface area contributed by atoms with Crippen LogP contribution in [0.4, 0.5) is 4.39 Å². The highest BCUT2D eigenvalue weighted by Crippen LogP contribution is 2.33. The number of benzene rings is 1. The van der Waals surface area contributed by atoms with E-state index >= 15 is 0 Å². The van der Waals surface area contributed by atoms with Crippen LogP contribution in [0.1, 0.15) is 12.8 Å². The van der Waals surface area contributed by atoms with E-state index in [4.69, 9.17) is 17.3 Å². The summed E-state index contributed by atoms with van der Waals surface area (Å²) >= 11 is 8.92. The highest BCUT2D eigenvalue weighted by Gasteiger charge is 2.31. The molecule has 0 radical (unpaired) electrons. The van der Waals surface area contributed by atoms with Gasteiger partial charge in [0.15, 0.2) is 0 Å². The summed E-state index contributed by atoms with van der Waals surface area (Å²) in [6.45, 7) is 0.702. The topological polar surface area (TPSA) is 63.4 Å². The molecule has 2 rings (SSSR count). The van der Waals surface area contributed by atoms with Crippen molar-refractivity contribution in [3.05, 3.63) is 27.4 Å². The fraction of sp³-hybridized carbons (Fsp3) is 0.455. The summed E-state index contributed by atoms with van der Waals surface area (Å²) in [4.78, 5) is -0.0916. The zero-order chi connectivity index (χ0) is 14.2. The molecule has 0 spiro atoms. The van der Waals surface area contributed by atoms with E-state index in [2.05, 4.69) is 15.9 Å². The largest absolute Gasteiger partial charge is 0.328 e. The van der Waals surface area contributed by atoms with Gasteiger partial charge in [-0.25, -0.2) is 12.8 Å². The smallest absolute Gasteiger partial charge is 0.245 e. The van der Waals surface area contributed by atoms with Gasteiger partial charge in [-0.15, -0.1) is 12.4 Å². The van der Waals surface area contributed by atoms with Crippen LogP contribution < -0.4 is 5.73 Å². The molecule has 1 aromatic carbocycles. The van der Waals surface area contributed by atoms with Crippen LogP contribution in [0.25, 0.3) is 0 Å². The van der Waals surface area contributed by atoms with Crippen molar-refractivity contribution >= 4 is 50.0 Å². The third-order valence-corrected chi connectivity index (χ3v) is 6.36. The zero-order valence-corrected chi connectivity index (χ0v) is 14.3. The third-order valence-electron chi connectivity index (χ3n) is 3.06. The molecule has 1 fully saturated rings. The zero-order valence-electron chi connectivity index (χ0n) is 10.4. The lowest BCUT2D eigenvalue weighted by atomic mass is 10.1. The van der Waals surface area contributed by atoms with Gasteiger partial charge in [0.1, 0.15) is 10.7 Å². The van der Waals surface area contributed by atoms with Gasteiger partial charge >= 0.3 is 0 Å². The molecule has 0 unspecified atom stereocenters. The van der Waals surface area contributed by atoms with Gasteiger partial charge in [-0.05, 0) is 40.9 Å². The van der Waals surface area contributed by atoms with Crippen LogP contribution in [0.3, 0.4) is 0 Å². The molecule has 0 amide bonds. The Morgan fingerprint density at radius 3 is 2.40 bits per heavy atom. The summed E-state index contributed by atoms with van der Waals surface area (Å²) in [6.07, 6.45) is 1.21. The Kier molecular flexibility index (Phi) is 6.25. The molecule has 1 aliphatic rings. The van der Waals surface area contributed by atoms with E-state index < -0.39 is 15.8 Å². The Labute approximate surface area is 137 Å². The molecule has 20 heavy (non-hydrogen) atoms. The van der Waals surface area contributed by atoms with Crippen LogP contribution in [-0.2, 0) is 10.0 Å². The predicted octanol–water partition coefficient (Wildman–Crippen LogP) is 2.78. The van der Waals surface area contributed by atoms with E-state index in [1.807, 2.05) is 0 Å². The first-order valence-corrected chi connectivity index (χ1v) is 8.33. The lowest BCUT2D eigenvalue weighted by molar-refractivity contribution is 0.320. The molecule has 114 valence electrons. The molecular weight excluding hydrogens is 394 g/mol. The monoisotopic (exact) mass is 406 g/mol. The van der Waals surface area contributed by atoms with Gasteiger partial charge in [0.25, 0.3) is 0 Å². The second kappa shape index (κ2) is 6.89. The Balaban J connectivity index is 0.00000200. The third kappa shape index (κ3) is 3.64.